The van der Waals surface area contributed by atoms with Crippen LogP contribution in [0.1, 0.15) is 56.6 Å². The van der Waals surface area contributed by atoms with Crippen LogP contribution >= 0.6 is 0 Å². The SMILES string of the molecule is CC[C@@H]1c2nnc(-n3cnc(CC#N)c3)n2-c2cncnc2N1C1CCCC1. The fourth-order valence-electron chi connectivity index (χ4n) is 4.48. The van der Waals surface area contributed by atoms with Crippen LogP contribution in [0.25, 0.3) is 11.6 Å². The van der Waals surface area contributed by atoms with E-state index in [0.29, 0.717) is 17.7 Å². The molecule has 9 nitrogen and oxygen atoms in total. The Morgan fingerprint density at radius 1 is 1.21 bits per heavy atom. The lowest BCUT2D eigenvalue weighted by Crippen LogP contribution is -2.42. The van der Waals surface area contributed by atoms with Gasteiger partial charge in [-0.2, -0.15) is 5.26 Å². The molecule has 0 radical (unpaired) electrons. The molecule has 1 atom stereocenters. The van der Waals surface area contributed by atoms with Crippen molar-refractivity contribution < 1.29 is 0 Å². The number of nitriles is 1. The van der Waals surface area contributed by atoms with Crippen LogP contribution < -0.4 is 4.90 Å². The number of imidazole rings is 1. The van der Waals surface area contributed by atoms with Gasteiger partial charge in [-0.1, -0.05) is 19.8 Å². The molecule has 3 aromatic heterocycles. The third kappa shape index (κ3) is 2.48. The van der Waals surface area contributed by atoms with Gasteiger partial charge >= 0.3 is 0 Å². The molecule has 2 aliphatic rings. The van der Waals surface area contributed by atoms with Crippen LogP contribution in [0.15, 0.2) is 25.0 Å². The van der Waals surface area contributed by atoms with Crippen molar-refractivity contribution in [3.63, 3.8) is 0 Å². The second-order valence-electron chi connectivity index (χ2n) is 7.30. The maximum Gasteiger partial charge on any atom is 0.241 e. The van der Waals surface area contributed by atoms with Gasteiger partial charge in [0.1, 0.15) is 18.3 Å². The Morgan fingerprint density at radius 3 is 2.86 bits per heavy atom. The van der Waals surface area contributed by atoms with Crippen molar-refractivity contribution in [1.29, 1.82) is 5.26 Å². The summed E-state index contributed by atoms with van der Waals surface area (Å²) >= 11 is 0. The molecular formula is C19H21N9. The summed E-state index contributed by atoms with van der Waals surface area (Å²) in [6.07, 6.45) is 13.0. The molecule has 0 amide bonds. The largest absolute Gasteiger partial charge is 0.342 e. The third-order valence-electron chi connectivity index (χ3n) is 5.69. The van der Waals surface area contributed by atoms with Gasteiger partial charge in [0.25, 0.3) is 0 Å². The average Bonchev–Trinajstić information content (AvgIpc) is 3.47. The first-order valence-corrected chi connectivity index (χ1v) is 9.76. The van der Waals surface area contributed by atoms with Gasteiger partial charge in [-0.15, -0.1) is 10.2 Å². The summed E-state index contributed by atoms with van der Waals surface area (Å²) in [6.45, 7) is 2.18. The fourth-order valence-corrected chi connectivity index (χ4v) is 4.48. The molecule has 1 fully saturated rings. The summed E-state index contributed by atoms with van der Waals surface area (Å²) in [5, 5.41) is 18.0. The smallest absolute Gasteiger partial charge is 0.241 e. The van der Waals surface area contributed by atoms with Crippen molar-refractivity contribution in [2.75, 3.05) is 4.90 Å². The Kier molecular flexibility index (Phi) is 4.04. The Hall–Kier alpha value is -3.28. The van der Waals surface area contributed by atoms with Crippen molar-refractivity contribution >= 4 is 5.82 Å². The topological polar surface area (TPSA) is 101 Å². The lowest BCUT2D eigenvalue weighted by Gasteiger charge is -2.40. The van der Waals surface area contributed by atoms with Gasteiger partial charge in [0.05, 0.1) is 30.4 Å². The maximum absolute atomic E-state index is 8.93. The molecule has 1 aliphatic heterocycles. The predicted octanol–water partition coefficient (Wildman–Crippen LogP) is 2.52. The first-order valence-electron chi connectivity index (χ1n) is 9.76. The van der Waals surface area contributed by atoms with Crippen LogP contribution in [0.2, 0.25) is 0 Å². The fraction of sp³-hybridized carbons (Fsp3) is 0.474. The summed E-state index contributed by atoms with van der Waals surface area (Å²) < 4.78 is 3.85. The van der Waals surface area contributed by atoms with E-state index in [2.05, 4.69) is 43.0 Å². The summed E-state index contributed by atoms with van der Waals surface area (Å²) in [5.41, 5.74) is 1.60. The zero-order valence-electron chi connectivity index (χ0n) is 15.7. The number of hydrogen-bond donors (Lipinski definition) is 0. The van der Waals surface area contributed by atoms with Crippen molar-refractivity contribution in [3.05, 3.63) is 36.6 Å². The normalized spacial score (nSPS) is 18.7. The highest BCUT2D eigenvalue weighted by molar-refractivity contribution is 5.63. The van der Waals surface area contributed by atoms with Gasteiger partial charge in [-0.25, -0.2) is 15.0 Å². The minimum absolute atomic E-state index is 0.119. The monoisotopic (exact) mass is 375 g/mol. The molecule has 5 rings (SSSR count). The second kappa shape index (κ2) is 6.71. The summed E-state index contributed by atoms with van der Waals surface area (Å²) in [5.74, 6) is 2.49. The number of hydrogen-bond acceptors (Lipinski definition) is 7. The van der Waals surface area contributed by atoms with Crippen LogP contribution in [-0.4, -0.2) is 40.3 Å². The number of rotatable bonds is 4. The van der Waals surface area contributed by atoms with E-state index in [4.69, 9.17) is 5.26 Å². The number of anilines is 1. The Labute approximate surface area is 162 Å². The molecular weight excluding hydrogens is 354 g/mol. The summed E-state index contributed by atoms with van der Waals surface area (Å²) in [6, 6.07) is 2.72. The zero-order chi connectivity index (χ0) is 19.1. The highest BCUT2D eigenvalue weighted by atomic mass is 15.4. The van der Waals surface area contributed by atoms with Crippen LogP contribution in [0.3, 0.4) is 0 Å². The zero-order valence-corrected chi connectivity index (χ0v) is 15.7. The van der Waals surface area contributed by atoms with Gasteiger partial charge < -0.3 is 4.90 Å². The summed E-state index contributed by atoms with van der Waals surface area (Å²) in [4.78, 5) is 15.7. The predicted molar refractivity (Wildman–Crippen MR) is 101 cm³/mol. The van der Waals surface area contributed by atoms with Gasteiger partial charge in [-0.05, 0) is 19.3 Å². The Morgan fingerprint density at radius 2 is 2.07 bits per heavy atom. The first kappa shape index (κ1) is 16.9. The molecule has 0 bridgehead atoms. The highest BCUT2D eigenvalue weighted by Crippen LogP contribution is 2.43. The average molecular weight is 375 g/mol. The summed E-state index contributed by atoms with van der Waals surface area (Å²) in [7, 11) is 0. The van der Waals surface area contributed by atoms with Crippen molar-refractivity contribution in [2.45, 2.75) is 57.5 Å². The van der Waals surface area contributed by atoms with Gasteiger partial charge in [-0.3, -0.25) is 9.13 Å². The van der Waals surface area contributed by atoms with Gasteiger partial charge in [0, 0.05) is 12.2 Å². The molecule has 1 saturated carbocycles. The molecule has 142 valence electrons. The lowest BCUT2D eigenvalue weighted by molar-refractivity contribution is 0.468. The number of fused-ring (bicyclic) bond motifs is 3. The molecule has 0 saturated heterocycles. The molecule has 0 N–H and O–H groups in total. The highest BCUT2D eigenvalue weighted by Gasteiger charge is 2.39. The van der Waals surface area contributed by atoms with E-state index in [1.54, 1.807) is 12.7 Å². The van der Waals surface area contributed by atoms with E-state index in [9.17, 15) is 0 Å². The molecule has 0 spiro atoms. The first-order chi connectivity index (χ1) is 13.8. The molecule has 3 aromatic rings. The van der Waals surface area contributed by atoms with E-state index in [-0.39, 0.29) is 12.5 Å². The van der Waals surface area contributed by atoms with E-state index in [0.717, 1.165) is 23.8 Å². The van der Waals surface area contributed by atoms with Gasteiger partial charge in [0.2, 0.25) is 5.95 Å². The van der Waals surface area contributed by atoms with Crippen molar-refractivity contribution in [1.82, 2.24) is 34.3 Å². The van der Waals surface area contributed by atoms with Crippen molar-refractivity contribution in [3.8, 4) is 17.7 Å². The Bertz CT molecular complexity index is 1040. The molecule has 4 heterocycles. The van der Waals surface area contributed by atoms with E-state index >= 15 is 0 Å². The minimum atomic E-state index is 0.119. The quantitative estimate of drug-likeness (QED) is 0.690. The molecule has 1 aliphatic carbocycles. The lowest BCUT2D eigenvalue weighted by atomic mass is 10.0. The molecule has 9 heteroatoms. The van der Waals surface area contributed by atoms with E-state index in [1.807, 2.05) is 21.5 Å². The second-order valence-corrected chi connectivity index (χ2v) is 7.30. The van der Waals surface area contributed by atoms with E-state index in [1.165, 1.54) is 25.7 Å². The molecule has 0 unspecified atom stereocenters. The van der Waals surface area contributed by atoms with Crippen LogP contribution in [0.5, 0.6) is 0 Å². The van der Waals surface area contributed by atoms with Gasteiger partial charge in [0.15, 0.2) is 11.6 Å². The maximum atomic E-state index is 8.93. The third-order valence-corrected chi connectivity index (χ3v) is 5.69. The molecule has 0 aromatic carbocycles. The molecule has 28 heavy (non-hydrogen) atoms. The minimum Gasteiger partial charge on any atom is -0.342 e. The number of nitrogens with zero attached hydrogens (tertiary/aromatic N) is 9. The standard InChI is InChI=1S/C19H21N9/c1-2-15-18-24-25-19(26-10-13(7-8-20)23-12-26)28(18)16-9-21-11-22-17(16)27(15)14-5-3-4-6-14/h9-12,14-15H,2-7H2,1H3/t15-/m1/s1. The Balaban J connectivity index is 1.66. The van der Waals surface area contributed by atoms with Crippen LogP contribution in [0, 0.1) is 11.3 Å². The van der Waals surface area contributed by atoms with Crippen LogP contribution in [0.4, 0.5) is 5.82 Å². The number of aromatic nitrogens is 7. The van der Waals surface area contributed by atoms with Crippen molar-refractivity contribution in [2.24, 2.45) is 0 Å². The van der Waals surface area contributed by atoms with Crippen LogP contribution in [-0.2, 0) is 6.42 Å². The van der Waals surface area contributed by atoms with E-state index < -0.39 is 0 Å².